The number of nitrogens with two attached hydrogens (primary N) is 1. The largest absolute Gasteiger partial charge is 0.398 e. The first-order valence-electron chi connectivity index (χ1n) is 6.01. The zero-order valence-electron chi connectivity index (χ0n) is 10.7. The fourth-order valence-electron chi connectivity index (χ4n) is 2.05. The van der Waals surface area contributed by atoms with Crippen LogP contribution in [-0.2, 0) is 10.0 Å². The predicted molar refractivity (Wildman–Crippen MR) is 88.5 cm³/mol. The highest BCUT2D eigenvalue weighted by atomic mass is 35.5. The van der Waals surface area contributed by atoms with Gasteiger partial charge in [0, 0.05) is 10.4 Å². The summed E-state index contributed by atoms with van der Waals surface area (Å²) in [5, 5.41) is 3.03. The number of nitrogens with one attached hydrogen (secondary N) is 1. The van der Waals surface area contributed by atoms with Gasteiger partial charge in [0.1, 0.15) is 4.90 Å². The van der Waals surface area contributed by atoms with Gasteiger partial charge in [-0.15, -0.1) is 11.3 Å². The number of hydrogen-bond acceptors (Lipinski definition) is 4. The molecule has 2 aromatic carbocycles. The highest BCUT2D eigenvalue weighted by molar-refractivity contribution is 7.93. The summed E-state index contributed by atoms with van der Waals surface area (Å²) in [6.45, 7) is 0. The molecule has 0 amide bonds. The lowest BCUT2D eigenvalue weighted by Gasteiger charge is -2.11. The lowest BCUT2D eigenvalue weighted by atomic mass is 10.2. The van der Waals surface area contributed by atoms with E-state index in [2.05, 4.69) is 4.72 Å². The third-order valence-electron chi connectivity index (χ3n) is 2.97. The molecule has 0 atom stereocenters. The summed E-state index contributed by atoms with van der Waals surface area (Å²) in [4.78, 5) is -0.0999. The second-order valence-electron chi connectivity index (χ2n) is 4.44. The number of fused-ring (bicyclic) bond motifs is 1. The number of anilines is 2. The molecule has 0 saturated carbocycles. The van der Waals surface area contributed by atoms with E-state index in [0.717, 1.165) is 10.1 Å². The van der Waals surface area contributed by atoms with Gasteiger partial charge in [-0.1, -0.05) is 17.7 Å². The first-order chi connectivity index (χ1) is 9.97. The predicted octanol–water partition coefficient (Wildman–Crippen LogP) is 3.94. The van der Waals surface area contributed by atoms with E-state index in [0.29, 0.717) is 5.69 Å². The van der Waals surface area contributed by atoms with E-state index in [1.807, 2.05) is 17.5 Å². The van der Waals surface area contributed by atoms with Crippen molar-refractivity contribution in [3.63, 3.8) is 0 Å². The van der Waals surface area contributed by atoms with Gasteiger partial charge >= 0.3 is 0 Å². The van der Waals surface area contributed by atoms with E-state index in [1.54, 1.807) is 29.5 Å². The summed E-state index contributed by atoms with van der Waals surface area (Å²) >= 11 is 7.56. The molecule has 0 aliphatic heterocycles. The van der Waals surface area contributed by atoms with Crippen molar-refractivity contribution in [1.82, 2.24) is 0 Å². The van der Waals surface area contributed by atoms with Crippen LogP contribution in [0.25, 0.3) is 10.1 Å². The molecule has 0 bridgehead atoms. The van der Waals surface area contributed by atoms with Crippen LogP contribution in [0.4, 0.5) is 11.4 Å². The summed E-state index contributed by atoms with van der Waals surface area (Å²) in [6, 6.07) is 11.9. The smallest absolute Gasteiger partial charge is 0.265 e. The van der Waals surface area contributed by atoms with Gasteiger partial charge in [0.05, 0.1) is 10.7 Å². The fourth-order valence-corrected chi connectivity index (χ4v) is 4.55. The average molecular weight is 339 g/mol. The molecule has 3 N–H and O–H groups in total. The summed E-state index contributed by atoms with van der Waals surface area (Å²) in [7, 11) is -3.83. The minimum Gasteiger partial charge on any atom is -0.398 e. The van der Waals surface area contributed by atoms with Crippen molar-refractivity contribution in [2.75, 3.05) is 10.5 Å². The van der Waals surface area contributed by atoms with Crippen molar-refractivity contribution < 1.29 is 8.42 Å². The van der Waals surface area contributed by atoms with E-state index >= 15 is 0 Å². The van der Waals surface area contributed by atoms with Gasteiger partial charge in [0.2, 0.25) is 0 Å². The molecule has 4 nitrogen and oxygen atoms in total. The van der Waals surface area contributed by atoms with E-state index in [-0.39, 0.29) is 15.6 Å². The van der Waals surface area contributed by atoms with Crippen molar-refractivity contribution in [3.05, 3.63) is 52.9 Å². The lowest BCUT2D eigenvalue weighted by molar-refractivity contribution is 0.601. The second kappa shape index (κ2) is 5.22. The third kappa shape index (κ3) is 2.70. The summed E-state index contributed by atoms with van der Waals surface area (Å²) < 4.78 is 28.5. The van der Waals surface area contributed by atoms with Crippen molar-refractivity contribution in [2.24, 2.45) is 0 Å². The number of sulfonamides is 1. The van der Waals surface area contributed by atoms with Crippen LogP contribution in [0.5, 0.6) is 0 Å². The molecule has 0 fully saturated rings. The fraction of sp³-hybridized carbons (Fsp3) is 0. The normalized spacial score (nSPS) is 11.7. The van der Waals surface area contributed by atoms with E-state index in [1.165, 1.54) is 12.1 Å². The number of hydrogen-bond donors (Lipinski definition) is 2. The molecule has 7 heteroatoms. The van der Waals surface area contributed by atoms with Gasteiger partial charge in [0.15, 0.2) is 0 Å². The van der Waals surface area contributed by atoms with Crippen LogP contribution >= 0.6 is 22.9 Å². The molecular formula is C14H11ClN2O2S2. The summed E-state index contributed by atoms with van der Waals surface area (Å²) in [5.74, 6) is 0. The Morgan fingerprint density at radius 1 is 1.14 bits per heavy atom. The Labute approximate surface area is 131 Å². The Balaban J connectivity index is 2.03. The van der Waals surface area contributed by atoms with Crippen LogP contribution in [0.2, 0.25) is 5.02 Å². The number of benzene rings is 2. The van der Waals surface area contributed by atoms with Gasteiger partial charge in [-0.25, -0.2) is 8.42 Å². The van der Waals surface area contributed by atoms with E-state index < -0.39 is 10.0 Å². The Bertz CT molecular complexity index is 899. The van der Waals surface area contributed by atoms with E-state index in [4.69, 9.17) is 17.3 Å². The first-order valence-corrected chi connectivity index (χ1v) is 8.75. The number of nitrogen functional groups attached to an aromatic ring is 1. The molecule has 0 spiro atoms. The highest BCUT2D eigenvalue weighted by Gasteiger charge is 2.21. The van der Waals surface area contributed by atoms with Gasteiger partial charge in [0.25, 0.3) is 10.0 Å². The zero-order valence-corrected chi connectivity index (χ0v) is 13.1. The van der Waals surface area contributed by atoms with Gasteiger partial charge in [-0.3, -0.25) is 4.72 Å². The van der Waals surface area contributed by atoms with Crippen LogP contribution < -0.4 is 10.5 Å². The van der Waals surface area contributed by atoms with Crippen LogP contribution in [0.1, 0.15) is 0 Å². The molecule has 0 radical (unpaired) electrons. The molecule has 21 heavy (non-hydrogen) atoms. The first kappa shape index (κ1) is 14.2. The SMILES string of the molecule is Nc1cccc(Cl)c1S(=O)(=O)Nc1ccc2sccc2c1. The number of rotatable bonds is 3. The molecule has 0 aliphatic rings. The van der Waals surface area contributed by atoms with Crippen molar-refractivity contribution in [1.29, 1.82) is 0 Å². The summed E-state index contributed by atoms with van der Waals surface area (Å²) in [6.07, 6.45) is 0. The molecule has 108 valence electrons. The third-order valence-corrected chi connectivity index (χ3v) is 5.79. The number of halogens is 1. The topological polar surface area (TPSA) is 72.2 Å². The number of thiophene rings is 1. The minimum absolute atomic E-state index is 0.0964. The molecule has 3 aromatic rings. The minimum atomic E-state index is -3.83. The molecule has 1 heterocycles. The maximum Gasteiger partial charge on any atom is 0.265 e. The van der Waals surface area contributed by atoms with Crippen LogP contribution in [0.15, 0.2) is 52.7 Å². The van der Waals surface area contributed by atoms with Crippen LogP contribution in [-0.4, -0.2) is 8.42 Å². The highest BCUT2D eigenvalue weighted by Crippen LogP contribution is 2.30. The second-order valence-corrected chi connectivity index (χ2v) is 7.41. The zero-order chi connectivity index (χ0) is 15.0. The Kier molecular flexibility index (Phi) is 3.52. The van der Waals surface area contributed by atoms with Crippen molar-refractivity contribution in [3.8, 4) is 0 Å². The van der Waals surface area contributed by atoms with Crippen LogP contribution in [0.3, 0.4) is 0 Å². The standard InChI is InChI=1S/C14H11ClN2O2S2/c15-11-2-1-3-12(16)14(11)21(18,19)17-10-4-5-13-9(8-10)6-7-20-13/h1-8,17H,16H2. The summed E-state index contributed by atoms with van der Waals surface area (Å²) in [5.41, 5.74) is 6.32. The molecule has 3 rings (SSSR count). The molecule has 1 aromatic heterocycles. The van der Waals surface area contributed by atoms with Crippen molar-refractivity contribution >= 4 is 54.4 Å². The molecule has 0 unspecified atom stereocenters. The molecule has 0 saturated heterocycles. The van der Waals surface area contributed by atoms with E-state index in [9.17, 15) is 8.42 Å². The monoisotopic (exact) mass is 338 g/mol. The lowest BCUT2D eigenvalue weighted by Crippen LogP contribution is -2.15. The van der Waals surface area contributed by atoms with Gasteiger partial charge < -0.3 is 5.73 Å². The maximum absolute atomic E-state index is 12.4. The Morgan fingerprint density at radius 3 is 2.71 bits per heavy atom. The van der Waals surface area contributed by atoms with Gasteiger partial charge in [-0.2, -0.15) is 0 Å². The quantitative estimate of drug-likeness (QED) is 0.710. The molecule has 0 aliphatic carbocycles. The van der Waals surface area contributed by atoms with Gasteiger partial charge in [-0.05, 0) is 47.2 Å². The Morgan fingerprint density at radius 2 is 1.95 bits per heavy atom. The maximum atomic E-state index is 12.4. The van der Waals surface area contributed by atoms with Crippen LogP contribution in [0, 0.1) is 0 Å². The average Bonchev–Trinajstić information content (AvgIpc) is 2.85. The van der Waals surface area contributed by atoms with Crippen molar-refractivity contribution in [2.45, 2.75) is 4.90 Å². The molecular weight excluding hydrogens is 328 g/mol. The Hall–Kier alpha value is -1.76.